The summed E-state index contributed by atoms with van der Waals surface area (Å²) in [4.78, 5) is 31.5. The van der Waals surface area contributed by atoms with Crippen LogP contribution in [-0.4, -0.2) is 51.0 Å². The summed E-state index contributed by atoms with van der Waals surface area (Å²) in [5, 5.41) is 11.2. The van der Waals surface area contributed by atoms with Crippen LogP contribution in [0.1, 0.15) is 23.6 Å². The lowest BCUT2D eigenvalue weighted by Gasteiger charge is -2.25. The standard InChI is InChI=1S/C25H22FN3O5/c26-18-4-1-3-16(13-18)22-21(23(30)17-5-6-19-20(14-17)34-12-11-33-19)24(31)25(32)29(22)9-2-8-28-10-7-27-15-28/h1,3-7,10,13-15,22,30H,2,8-9,11-12H2/b23-21+. The number of aliphatic hydroxyl groups excluding tert-OH is 1. The van der Waals surface area contributed by atoms with E-state index in [1.165, 1.54) is 23.1 Å². The van der Waals surface area contributed by atoms with Crippen LogP contribution >= 0.6 is 0 Å². The first-order valence-electron chi connectivity index (χ1n) is 10.9. The van der Waals surface area contributed by atoms with E-state index in [9.17, 15) is 19.1 Å². The highest BCUT2D eigenvalue weighted by molar-refractivity contribution is 6.46. The van der Waals surface area contributed by atoms with Gasteiger partial charge in [-0.3, -0.25) is 9.59 Å². The number of aryl methyl sites for hydroxylation is 1. The maximum atomic E-state index is 14.1. The number of halogens is 1. The summed E-state index contributed by atoms with van der Waals surface area (Å²) < 4.78 is 27.1. The number of ketones is 1. The molecule has 1 N–H and O–H groups in total. The van der Waals surface area contributed by atoms with Crippen LogP contribution in [0.15, 0.2) is 66.8 Å². The van der Waals surface area contributed by atoms with Crippen molar-refractivity contribution in [3.05, 3.63) is 83.7 Å². The van der Waals surface area contributed by atoms with Crippen molar-refractivity contribution in [3.8, 4) is 11.5 Å². The molecule has 5 rings (SSSR count). The Balaban J connectivity index is 1.54. The number of likely N-dealkylation sites (tertiary alicyclic amines) is 1. The molecule has 1 amide bonds. The third kappa shape index (κ3) is 4.00. The van der Waals surface area contributed by atoms with E-state index in [2.05, 4.69) is 4.98 Å². The van der Waals surface area contributed by atoms with Crippen LogP contribution < -0.4 is 9.47 Å². The molecule has 34 heavy (non-hydrogen) atoms. The van der Waals surface area contributed by atoms with Gasteiger partial charge in [-0.2, -0.15) is 0 Å². The summed E-state index contributed by atoms with van der Waals surface area (Å²) in [5.74, 6) is -1.43. The predicted octanol–water partition coefficient (Wildman–Crippen LogP) is 3.31. The topological polar surface area (TPSA) is 93.9 Å². The molecule has 1 aromatic heterocycles. The third-order valence-corrected chi connectivity index (χ3v) is 5.89. The van der Waals surface area contributed by atoms with Crippen molar-refractivity contribution in [1.82, 2.24) is 14.5 Å². The van der Waals surface area contributed by atoms with Gasteiger partial charge in [0.15, 0.2) is 11.5 Å². The molecule has 0 aliphatic carbocycles. The summed E-state index contributed by atoms with van der Waals surface area (Å²) in [6.07, 6.45) is 5.67. The number of benzene rings is 2. The second-order valence-corrected chi connectivity index (χ2v) is 8.06. The zero-order chi connectivity index (χ0) is 23.7. The van der Waals surface area contributed by atoms with Gasteiger partial charge in [0.2, 0.25) is 0 Å². The van der Waals surface area contributed by atoms with Crippen molar-refractivity contribution in [3.63, 3.8) is 0 Å². The smallest absolute Gasteiger partial charge is 0.295 e. The molecule has 0 bridgehead atoms. The Bertz CT molecular complexity index is 1270. The van der Waals surface area contributed by atoms with Crippen molar-refractivity contribution in [2.24, 2.45) is 0 Å². The van der Waals surface area contributed by atoms with E-state index in [1.807, 2.05) is 4.57 Å². The largest absolute Gasteiger partial charge is 0.507 e. The van der Waals surface area contributed by atoms with Gasteiger partial charge in [0.05, 0.1) is 17.9 Å². The first-order chi connectivity index (χ1) is 16.5. The van der Waals surface area contributed by atoms with Crippen LogP contribution in [0, 0.1) is 5.82 Å². The van der Waals surface area contributed by atoms with Gasteiger partial charge >= 0.3 is 0 Å². The fourth-order valence-electron chi connectivity index (χ4n) is 4.32. The summed E-state index contributed by atoms with van der Waals surface area (Å²) in [6, 6.07) is 9.59. The molecule has 3 aromatic rings. The Kier molecular flexibility index (Phi) is 5.75. The summed E-state index contributed by atoms with van der Waals surface area (Å²) in [5.41, 5.74) is 0.623. The number of amides is 1. The van der Waals surface area contributed by atoms with Crippen molar-refractivity contribution >= 4 is 17.4 Å². The zero-order valence-electron chi connectivity index (χ0n) is 18.2. The molecule has 2 aromatic carbocycles. The quantitative estimate of drug-likeness (QED) is 0.343. The minimum absolute atomic E-state index is 0.0880. The molecule has 0 saturated carbocycles. The fourth-order valence-corrected chi connectivity index (χ4v) is 4.32. The molecular weight excluding hydrogens is 441 g/mol. The van der Waals surface area contributed by atoms with Gasteiger partial charge in [-0.05, 0) is 42.3 Å². The minimum Gasteiger partial charge on any atom is -0.507 e. The van der Waals surface area contributed by atoms with Gasteiger partial charge in [0.25, 0.3) is 11.7 Å². The third-order valence-electron chi connectivity index (χ3n) is 5.89. The number of imidazole rings is 1. The second-order valence-electron chi connectivity index (χ2n) is 8.06. The van der Waals surface area contributed by atoms with Gasteiger partial charge in [-0.1, -0.05) is 12.1 Å². The highest BCUT2D eigenvalue weighted by Crippen LogP contribution is 2.41. The maximum absolute atomic E-state index is 14.1. The summed E-state index contributed by atoms with van der Waals surface area (Å²) in [7, 11) is 0. The van der Waals surface area contributed by atoms with Crippen molar-refractivity contribution in [2.75, 3.05) is 19.8 Å². The van der Waals surface area contributed by atoms with Crippen molar-refractivity contribution in [1.29, 1.82) is 0 Å². The molecular formula is C25H22FN3O5. The number of fused-ring (bicyclic) bond motifs is 1. The normalized spacial score (nSPS) is 19.0. The van der Waals surface area contributed by atoms with E-state index in [0.29, 0.717) is 48.8 Å². The van der Waals surface area contributed by atoms with E-state index in [-0.39, 0.29) is 17.9 Å². The summed E-state index contributed by atoms with van der Waals surface area (Å²) >= 11 is 0. The molecule has 1 saturated heterocycles. The zero-order valence-corrected chi connectivity index (χ0v) is 18.2. The number of rotatable bonds is 6. The van der Waals surface area contributed by atoms with E-state index in [1.54, 1.807) is 43.0 Å². The van der Waals surface area contributed by atoms with E-state index in [4.69, 9.17) is 9.47 Å². The number of Topliss-reactive ketones (excluding diaryl/α,β-unsaturated/α-hetero) is 1. The highest BCUT2D eigenvalue weighted by atomic mass is 19.1. The van der Waals surface area contributed by atoms with Gasteiger partial charge < -0.3 is 24.0 Å². The van der Waals surface area contributed by atoms with Crippen LogP contribution in [0.3, 0.4) is 0 Å². The molecule has 2 aliphatic heterocycles. The van der Waals surface area contributed by atoms with Crippen LogP contribution in [0.4, 0.5) is 4.39 Å². The number of aromatic nitrogens is 2. The first kappa shape index (κ1) is 21.7. The van der Waals surface area contributed by atoms with Crippen molar-refractivity contribution < 1.29 is 28.6 Å². The average Bonchev–Trinajstić information content (AvgIpc) is 3.45. The Morgan fingerprint density at radius 2 is 1.91 bits per heavy atom. The monoisotopic (exact) mass is 463 g/mol. The van der Waals surface area contributed by atoms with E-state index in [0.717, 1.165) is 0 Å². The molecule has 8 nitrogen and oxygen atoms in total. The molecule has 0 radical (unpaired) electrons. The number of hydrogen-bond acceptors (Lipinski definition) is 6. The Morgan fingerprint density at radius 3 is 2.68 bits per heavy atom. The van der Waals surface area contributed by atoms with Gasteiger partial charge in [0, 0.05) is 31.0 Å². The molecule has 0 spiro atoms. The Labute approximate surface area is 194 Å². The Morgan fingerprint density at radius 1 is 1.09 bits per heavy atom. The first-order valence-corrected chi connectivity index (χ1v) is 10.9. The summed E-state index contributed by atoms with van der Waals surface area (Å²) in [6.45, 7) is 1.60. The lowest BCUT2D eigenvalue weighted by Crippen LogP contribution is -2.31. The molecule has 2 aliphatic rings. The van der Waals surface area contributed by atoms with Crippen LogP contribution in [0.25, 0.3) is 5.76 Å². The molecule has 1 unspecified atom stereocenters. The molecule has 174 valence electrons. The van der Waals surface area contributed by atoms with Gasteiger partial charge in [-0.25, -0.2) is 9.37 Å². The maximum Gasteiger partial charge on any atom is 0.295 e. The lowest BCUT2D eigenvalue weighted by atomic mass is 9.95. The second kappa shape index (κ2) is 9.01. The van der Waals surface area contributed by atoms with Crippen LogP contribution in [0.5, 0.6) is 11.5 Å². The van der Waals surface area contributed by atoms with Crippen molar-refractivity contribution in [2.45, 2.75) is 19.0 Å². The highest BCUT2D eigenvalue weighted by Gasteiger charge is 2.46. The number of aliphatic hydroxyl groups is 1. The number of ether oxygens (including phenoxy) is 2. The number of carbonyl (C=O) groups is 2. The van der Waals surface area contributed by atoms with Gasteiger partial charge in [0.1, 0.15) is 24.8 Å². The molecule has 9 heteroatoms. The molecule has 1 atom stereocenters. The average molecular weight is 463 g/mol. The molecule has 3 heterocycles. The van der Waals surface area contributed by atoms with Crippen LogP contribution in [-0.2, 0) is 16.1 Å². The number of hydrogen-bond donors (Lipinski definition) is 1. The van der Waals surface area contributed by atoms with Crippen LogP contribution in [0.2, 0.25) is 0 Å². The Hall–Kier alpha value is -4.14. The molecule has 1 fully saturated rings. The van der Waals surface area contributed by atoms with Gasteiger partial charge in [-0.15, -0.1) is 0 Å². The van der Waals surface area contributed by atoms with E-state index >= 15 is 0 Å². The SMILES string of the molecule is O=C1C(=O)N(CCCn2ccnc2)C(c2cccc(F)c2)/C1=C(\O)c1ccc2c(c1)OCCO2. The minimum atomic E-state index is -0.924. The fraction of sp³-hybridized carbons (Fsp3) is 0.240. The number of nitrogens with zero attached hydrogens (tertiary/aromatic N) is 3. The predicted molar refractivity (Wildman–Crippen MR) is 120 cm³/mol. The number of carbonyl (C=O) groups excluding carboxylic acids is 2. The lowest BCUT2D eigenvalue weighted by molar-refractivity contribution is -0.139. The van der Waals surface area contributed by atoms with E-state index < -0.39 is 23.5 Å².